The predicted molar refractivity (Wildman–Crippen MR) is 73.0 cm³/mol. The molecule has 2 heterocycles. The van der Waals surface area contributed by atoms with Gasteiger partial charge < -0.3 is 15.4 Å². The summed E-state index contributed by atoms with van der Waals surface area (Å²) in [6.45, 7) is 0.370. The molecule has 0 spiro atoms. The fraction of sp³-hybridized carbons (Fsp3) is 0.0769. The van der Waals surface area contributed by atoms with Crippen LogP contribution in [0, 0.1) is 0 Å². The van der Waals surface area contributed by atoms with E-state index in [0.29, 0.717) is 12.2 Å². The Morgan fingerprint density at radius 3 is 2.95 bits per heavy atom. The fourth-order valence-electron chi connectivity index (χ4n) is 1.53. The summed E-state index contributed by atoms with van der Waals surface area (Å²) in [5.74, 6) is -1.18. The molecule has 0 unspecified atom stereocenters. The molecule has 0 aliphatic carbocycles. The maximum absolute atomic E-state index is 11.7. The molecule has 2 aromatic rings. The Labute approximate surface area is 113 Å². The monoisotopic (exact) mass is 276 g/mol. The van der Waals surface area contributed by atoms with E-state index in [4.69, 9.17) is 5.11 Å². The molecule has 5 nitrogen and oxygen atoms in total. The summed E-state index contributed by atoms with van der Waals surface area (Å²) >= 11 is 1.47. The first-order valence-corrected chi connectivity index (χ1v) is 6.44. The van der Waals surface area contributed by atoms with Crippen LogP contribution >= 0.6 is 11.3 Å². The van der Waals surface area contributed by atoms with E-state index in [1.807, 2.05) is 11.4 Å². The molecule has 3 N–H and O–H groups in total. The molecule has 0 radical (unpaired) electrons. The molecular formula is C13H12N2O3S. The van der Waals surface area contributed by atoms with Gasteiger partial charge in [0.05, 0.1) is 6.54 Å². The molecular weight excluding hydrogens is 264 g/mol. The van der Waals surface area contributed by atoms with Crippen molar-refractivity contribution in [2.24, 2.45) is 0 Å². The summed E-state index contributed by atoms with van der Waals surface area (Å²) in [4.78, 5) is 25.9. The van der Waals surface area contributed by atoms with Crippen molar-refractivity contribution in [2.45, 2.75) is 6.54 Å². The third kappa shape index (κ3) is 3.56. The first-order valence-electron chi connectivity index (χ1n) is 5.56. The molecule has 19 heavy (non-hydrogen) atoms. The first-order chi connectivity index (χ1) is 9.16. The second kappa shape index (κ2) is 6.01. The van der Waals surface area contributed by atoms with Gasteiger partial charge in [-0.05, 0) is 35.2 Å². The standard InChI is InChI=1S/C13H12N2O3S/c16-12(17)4-3-9-5-7-19-11(9)8-15-13(18)10-2-1-6-14-10/h1-7,14H,8H2,(H,15,18)(H,16,17). The molecule has 0 bridgehead atoms. The van der Waals surface area contributed by atoms with Gasteiger partial charge >= 0.3 is 5.97 Å². The van der Waals surface area contributed by atoms with Gasteiger partial charge in [0.2, 0.25) is 0 Å². The van der Waals surface area contributed by atoms with Crippen LogP contribution < -0.4 is 5.32 Å². The molecule has 0 aliphatic heterocycles. The third-order valence-corrected chi connectivity index (χ3v) is 3.37. The van der Waals surface area contributed by atoms with Gasteiger partial charge in [-0.1, -0.05) is 0 Å². The van der Waals surface area contributed by atoms with Crippen LogP contribution in [0.1, 0.15) is 20.9 Å². The van der Waals surface area contributed by atoms with E-state index in [-0.39, 0.29) is 5.91 Å². The number of H-pyrrole nitrogens is 1. The van der Waals surface area contributed by atoms with E-state index in [0.717, 1.165) is 16.5 Å². The summed E-state index contributed by atoms with van der Waals surface area (Å²) in [7, 11) is 0. The lowest BCUT2D eigenvalue weighted by Crippen LogP contribution is -2.22. The number of carbonyl (C=O) groups excluding carboxylic acids is 1. The molecule has 0 aromatic carbocycles. The van der Waals surface area contributed by atoms with Crippen LogP contribution in [0.5, 0.6) is 0 Å². The zero-order valence-electron chi connectivity index (χ0n) is 9.92. The number of nitrogens with one attached hydrogen (secondary N) is 2. The molecule has 0 saturated carbocycles. The van der Waals surface area contributed by atoms with Crippen LogP contribution in [0.4, 0.5) is 0 Å². The van der Waals surface area contributed by atoms with Gasteiger partial charge in [0.1, 0.15) is 5.69 Å². The SMILES string of the molecule is O=C(O)C=Cc1ccsc1CNC(=O)c1ccc[nH]1. The zero-order chi connectivity index (χ0) is 13.7. The van der Waals surface area contributed by atoms with Gasteiger partial charge in [-0.15, -0.1) is 11.3 Å². The number of carboxylic acids is 1. The van der Waals surface area contributed by atoms with Gasteiger partial charge in [0.15, 0.2) is 0 Å². The van der Waals surface area contributed by atoms with Crippen LogP contribution in [-0.4, -0.2) is 22.0 Å². The number of thiophene rings is 1. The summed E-state index contributed by atoms with van der Waals surface area (Å²) in [5.41, 5.74) is 1.30. The maximum atomic E-state index is 11.7. The number of hydrogen-bond acceptors (Lipinski definition) is 3. The van der Waals surface area contributed by atoms with Crippen LogP contribution in [0.25, 0.3) is 6.08 Å². The average molecular weight is 276 g/mol. The summed E-state index contributed by atoms with van der Waals surface area (Å²) in [5, 5.41) is 13.2. The topological polar surface area (TPSA) is 82.2 Å². The summed E-state index contributed by atoms with van der Waals surface area (Å²) in [6.07, 6.45) is 4.29. The average Bonchev–Trinajstić information content (AvgIpc) is 3.04. The summed E-state index contributed by atoms with van der Waals surface area (Å²) < 4.78 is 0. The Hall–Kier alpha value is -2.34. The fourth-order valence-corrected chi connectivity index (χ4v) is 2.34. The van der Waals surface area contributed by atoms with Crippen molar-refractivity contribution >= 4 is 29.3 Å². The number of amides is 1. The first kappa shape index (κ1) is 13.1. The second-order valence-corrected chi connectivity index (χ2v) is 4.74. The highest BCUT2D eigenvalue weighted by Crippen LogP contribution is 2.18. The van der Waals surface area contributed by atoms with E-state index < -0.39 is 5.97 Å². The lowest BCUT2D eigenvalue weighted by molar-refractivity contribution is -0.131. The number of carboxylic acid groups (broad SMARTS) is 1. The van der Waals surface area contributed by atoms with Crippen molar-refractivity contribution in [1.82, 2.24) is 10.3 Å². The molecule has 1 amide bonds. The van der Waals surface area contributed by atoms with Gasteiger partial charge in [-0.25, -0.2) is 4.79 Å². The second-order valence-electron chi connectivity index (χ2n) is 3.74. The van der Waals surface area contributed by atoms with E-state index in [9.17, 15) is 9.59 Å². The molecule has 6 heteroatoms. The minimum Gasteiger partial charge on any atom is -0.478 e. The number of aliphatic carboxylic acids is 1. The van der Waals surface area contributed by atoms with Gasteiger partial charge in [-0.2, -0.15) is 0 Å². The van der Waals surface area contributed by atoms with Crippen LogP contribution in [0.15, 0.2) is 35.9 Å². The molecule has 2 aromatic heterocycles. The normalized spacial score (nSPS) is 10.7. The van der Waals surface area contributed by atoms with Crippen molar-refractivity contribution in [2.75, 3.05) is 0 Å². The van der Waals surface area contributed by atoms with Crippen LogP contribution in [-0.2, 0) is 11.3 Å². The smallest absolute Gasteiger partial charge is 0.328 e. The van der Waals surface area contributed by atoms with Crippen molar-refractivity contribution in [1.29, 1.82) is 0 Å². The van der Waals surface area contributed by atoms with Gasteiger partial charge in [-0.3, -0.25) is 4.79 Å². The third-order valence-electron chi connectivity index (χ3n) is 2.44. The number of aromatic nitrogens is 1. The van der Waals surface area contributed by atoms with Crippen LogP contribution in [0.2, 0.25) is 0 Å². The van der Waals surface area contributed by atoms with Gasteiger partial charge in [0, 0.05) is 17.2 Å². The van der Waals surface area contributed by atoms with E-state index >= 15 is 0 Å². The molecule has 0 fully saturated rings. The summed E-state index contributed by atoms with van der Waals surface area (Å²) in [6, 6.07) is 5.26. The predicted octanol–water partition coefficient (Wildman–Crippen LogP) is 2.10. The Balaban J connectivity index is 1.98. The minimum atomic E-state index is -0.993. The van der Waals surface area contributed by atoms with E-state index in [1.54, 1.807) is 18.3 Å². The Kier molecular flexibility index (Phi) is 4.15. The number of rotatable bonds is 5. The Morgan fingerprint density at radius 2 is 2.26 bits per heavy atom. The van der Waals surface area contributed by atoms with E-state index in [1.165, 1.54) is 17.4 Å². The quantitative estimate of drug-likeness (QED) is 0.731. The van der Waals surface area contributed by atoms with E-state index in [2.05, 4.69) is 10.3 Å². The van der Waals surface area contributed by atoms with Crippen molar-refractivity contribution in [3.05, 3.63) is 52.0 Å². The highest BCUT2D eigenvalue weighted by atomic mass is 32.1. The number of aromatic amines is 1. The maximum Gasteiger partial charge on any atom is 0.328 e. The molecule has 0 atom stereocenters. The zero-order valence-corrected chi connectivity index (χ0v) is 10.7. The highest BCUT2D eigenvalue weighted by Gasteiger charge is 2.07. The number of carbonyl (C=O) groups is 2. The molecule has 2 rings (SSSR count). The molecule has 98 valence electrons. The lowest BCUT2D eigenvalue weighted by atomic mass is 10.2. The number of hydrogen-bond donors (Lipinski definition) is 3. The van der Waals surface area contributed by atoms with Crippen molar-refractivity contribution in [3.8, 4) is 0 Å². The lowest BCUT2D eigenvalue weighted by Gasteiger charge is -2.03. The molecule has 0 aliphatic rings. The Morgan fingerprint density at radius 1 is 1.42 bits per heavy atom. The van der Waals surface area contributed by atoms with Gasteiger partial charge in [0.25, 0.3) is 5.91 Å². The van der Waals surface area contributed by atoms with Crippen molar-refractivity contribution in [3.63, 3.8) is 0 Å². The molecule has 0 saturated heterocycles. The Bertz CT molecular complexity index is 599. The highest BCUT2D eigenvalue weighted by molar-refractivity contribution is 7.10. The van der Waals surface area contributed by atoms with Crippen molar-refractivity contribution < 1.29 is 14.7 Å². The van der Waals surface area contributed by atoms with Crippen LogP contribution in [0.3, 0.4) is 0 Å². The minimum absolute atomic E-state index is 0.188. The largest absolute Gasteiger partial charge is 0.478 e.